The second kappa shape index (κ2) is 5.13. The Morgan fingerprint density at radius 1 is 1.41 bits per heavy atom. The molecule has 0 N–H and O–H groups in total. The van der Waals surface area contributed by atoms with Crippen LogP contribution in [0.1, 0.15) is 12.0 Å². The largest absolute Gasteiger partial charge is 0.468 e. The molecule has 2 rings (SSSR count). The molecule has 0 amide bonds. The van der Waals surface area contributed by atoms with Gasteiger partial charge in [-0.2, -0.15) is 0 Å². The minimum Gasteiger partial charge on any atom is -0.468 e. The van der Waals surface area contributed by atoms with Crippen LogP contribution >= 0.6 is 0 Å². The molecule has 3 heteroatoms. The van der Waals surface area contributed by atoms with Gasteiger partial charge in [0, 0.05) is 17.1 Å². The Morgan fingerprint density at radius 3 is 3.12 bits per heavy atom. The fourth-order valence-corrected chi connectivity index (χ4v) is 1.43. The molecule has 1 heterocycles. The number of pyridine rings is 1. The van der Waals surface area contributed by atoms with Gasteiger partial charge < -0.3 is 4.74 Å². The lowest BCUT2D eigenvalue weighted by Gasteiger charge is -1.96. The maximum Gasteiger partial charge on any atom is 0.317 e. The summed E-state index contributed by atoms with van der Waals surface area (Å²) in [7, 11) is 1.35. The molecule has 0 unspecified atom stereocenters. The molecule has 84 valence electrons. The molecule has 0 fully saturated rings. The Balaban J connectivity index is 2.22. The number of hydrogen-bond donors (Lipinski definition) is 0. The topological polar surface area (TPSA) is 39.2 Å². The lowest BCUT2D eigenvalue weighted by atomic mass is 10.1. The van der Waals surface area contributed by atoms with Crippen molar-refractivity contribution in [3.63, 3.8) is 0 Å². The first-order valence-electron chi connectivity index (χ1n) is 5.20. The van der Waals surface area contributed by atoms with Gasteiger partial charge in [0.25, 0.3) is 0 Å². The monoisotopic (exact) mass is 225 g/mol. The molecule has 3 nitrogen and oxygen atoms in total. The van der Waals surface area contributed by atoms with Gasteiger partial charge >= 0.3 is 5.97 Å². The predicted octanol–water partition coefficient (Wildman–Crippen LogP) is 2.15. The van der Waals surface area contributed by atoms with E-state index in [4.69, 9.17) is 0 Å². The molecule has 1 aromatic heterocycles. The van der Waals surface area contributed by atoms with Crippen LogP contribution in [-0.2, 0) is 9.53 Å². The highest BCUT2D eigenvalue weighted by Crippen LogP contribution is 2.12. The zero-order chi connectivity index (χ0) is 12.1. The summed E-state index contributed by atoms with van der Waals surface area (Å²) in [5, 5.41) is 1.08. The van der Waals surface area contributed by atoms with Crippen molar-refractivity contribution < 1.29 is 9.53 Å². The van der Waals surface area contributed by atoms with Gasteiger partial charge in [-0.3, -0.25) is 9.78 Å². The quantitative estimate of drug-likeness (QED) is 0.551. The summed E-state index contributed by atoms with van der Waals surface area (Å²) in [6, 6.07) is 9.66. The highest BCUT2D eigenvalue weighted by atomic mass is 16.5. The van der Waals surface area contributed by atoms with Gasteiger partial charge in [0.05, 0.1) is 12.6 Å². The Hall–Kier alpha value is -2.34. The second-order valence-corrected chi connectivity index (χ2v) is 3.47. The average Bonchev–Trinajstić information content (AvgIpc) is 2.38. The fourth-order valence-electron chi connectivity index (χ4n) is 1.43. The number of ether oxygens (including phenoxy) is 1. The van der Waals surface area contributed by atoms with Gasteiger partial charge in [-0.1, -0.05) is 24.0 Å². The number of esters is 1. The normalized spacial score (nSPS) is 9.47. The first-order valence-corrected chi connectivity index (χ1v) is 5.20. The Labute approximate surface area is 99.4 Å². The van der Waals surface area contributed by atoms with E-state index in [-0.39, 0.29) is 12.4 Å². The summed E-state index contributed by atoms with van der Waals surface area (Å²) >= 11 is 0. The minimum absolute atomic E-state index is 0.108. The van der Waals surface area contributed by atoms with Crippen LogP contribution < -0.4 is 0 Å². The van der Waals surface area contributed by atoms with Crippen molar-refractivity contribution in [2.75, 3.05) is 7.11 Å². The van der Waals surface area contributed by atoms with Crippen molar-refractivity contribution in [2.24, 2.45) is 0 Å². The number of hydrogen-bond acceptors (Lipinski definition) is 3. The lowest BCUT2D eigenvalue weighted by Crippen LogP contribution is -1.96. The first kappa shape index (κ1) is 11.2. The minimum atomic E-state index is -0.323. The predicted molar refractivity (Wildman–Crippen MR) is 65.3 cm³/mol. The van der Waals surface area contributed by atoms with E-state index in [1.54, 1.807) is 6.20 Å². The summed E-state index contributed by atoms with van der Waals surface area (Å²) in [5.41, 5.74) is 1.75. The van der Waals surface area contributed by atoms with Crippen LogP contribution in [0.3, 0.4) is 0 Å². The second-order valence-electron chi connectivity index (χ2n) is 3.47. The molecule has 0 bridgehead atoms. The molecule has 0 aliphatic rings. The summed E-state index contributed by atoms with van der Waals surface area (Å²) in [6.07, 6.45) is 1.85. The number of benzene rings is 1. The van der Waals surface area contributed by atoms with Crippen molar-refractivity contribution in [3.05, 3.63) is 42.1 Å². The van der Waals surface area contributed by atoms with Gasteiger partial charge in [-0.05, 0) is 18.2 Å². The van der Waals surface area contributed by atoms with Crippen LogP contribution in [0.4, 0.5) is 0 Å². The van der Waals surface area contributed by atoms with Crippen LogP contribution in [0.5, 0.6) is 0 Å². The standard InChI is InChI=1S/C14H11NO2/c1-17-14(16)6-2-4-11-7-8-12-5-3-9-15-13(12)10-11/h3,5,7-10H,6H2,1H3. The zero-order valence-electron chi connectivity index (χ0n) is 9.43. The van der Waals surface area contributed by atoms with E-state index >= 15 is 0 Å². The van der Waals surface area contributed by atoms with E-state index < -0.39 is 0 Å². The van der Waals surface area contributed by atoms with Gasteiger partial charge in [-0.15, -0.1) is 0 Å². The molecule has 0 saturated carbocycles. The van der Waals surface area contributed by atoms with Crippen LogP contribution in [0, 0.1) is 11.8 Å². The average molecular weight is 225 g/mol. The molecule has 0 spiro atoms. The van der Waals surface area contributed by atoms with Gasteiger partial charge in [0.2, 0.25) is 0 Å². The van der Waals surface area contributed by atoms with Crippen LogP contribution in [0.2, 0.25) is 0 Å². The number of carbonyl (C=O) groups excluding carboxylic acids is 1. The molecule has 1 aromatic carbocycles. The van der Waals surface area contributed by atoms with Crippen molar-refractivity contribution in [2.45, 2.75) is 6.42 Å². The molecular formula is C14H11NO2. The van der Waals surface area contributed by atoms with Gasteiger partial charge in [-0.25, -0.2) is 0 Å². The Morgan fingerprint density at radius 2 is 2.29 bits per heavy atom. The molecule has 0 radical (unpaired) electrons. The van der Waals surface area contributed by atoms with Crippen molar-refractivity contribution in [3.8, 4) is 11.8 Å². The Kier molecular flexibility index (Phi) is 3.37. The Bertz CT molecular complexity index is 608. The van der Waals surface area contributed by atoms with Crippen LogP contribution in [0.25, 0.3) is 10.9 Å². The number of fused-ring (bicyclic) bond motifs is 1. The fraction of sp³-hybridized carbons (Fsp3) is 0.143. The molecule has 17 heavy (non-hydrogen) atoms. The van der Waals surface area contributed by atoms with Crippen molar-refractivity contribution in [1.82, 2.24) is 4.98 Å². The maximum absolute atomic E-state index is 10.9. The number of nitrogens with zero attached hydrogens (tertiary/aromatic N) is 1. The summed E-state index contributed by atoms with van der Waals surface area (Å²) in [4.78, 5) is 15.1. The smallest absolute Gasteiger partial charge is 0.317 e. The SMILES string of the molecule is COC(=O)CC#Cc1ccc2cccnc2c1. The maximum atomic E-state index is 10.9. The zero-order valence-corrected chi connectivity index (χ0v) is 9.43. The molecule has 0 aliphatic heterocycles. The van der Waals surface area contributed by atoms with E-state index in [0.29, 0.717) is 0 Å². The van der Waals surface area contributed by atoms with Crippen LogP contribution in [0.15, 0.2) is 36.5 Å². The molecule has 0 aliphatic carbocycles. The summed E-state index contributed by atoms with van der Waals surface area (Å²) in [6.45, 7) is 0. The third kappa shape index (κ3) is 2.82. The molecule has 2 aromatic rings. The van der Waals surface area contributed by atoms with E-state index in [0.717, 1.165) is 16.5 Å². The van der Waals surface area contributed by atoms with Crippen LogP contribution in [-0.4, -0.2) is 18.1 Å². The van der Waals surface area contributed by atoms with E-state index in [9.17, 15) is 4.79 Å². The number of methoxy groups -OCH3 is 1. The third-order valence-corrected chi connectivity index (χ3v) is 2.30. The summed E-state index contributed by atoms with van der Waals surface area (Å²) < 4.78 is 4.50. The summed E-state index contributed by atoms with van der Waals surface area (Å²) in [5.74, 6) is 5.35. The number of aromatic nitrogens is 1. The van der Waals surface area contributed by atoms with Gasteiger partial charge in [0.15, 0.2) is 0 Å². The third-order valence-electron chi connectivity index (χ3n) is 2.30. The highest BCUT2D eigenvalue weighted by Gasteiger charge is 1.95. The van der Waals surface area contributed by atoms with Crippen molar-refractivity contribution in [1.29, 1.82) is 0 Å². The van der Waals surface area contributed by atoms with E-state index in [1.165, 1.54) is 7.11 Å². The molecule has 0 saturated heterocycles. The number of rotatable bonds is 1. The van der Waals surface area contributed by atoms with Gasteiger partial charge in [0.1, 0.15) is 6.42 Å². The van der Waals surface area contributed by atoms with E-state index in [2.05, 4.69) is 21.6 Å². The van der Waals surface area contributed by atoms with E-state index in [1.807, 2.05) is 30.3 Å². The van der Waals surface area contributed by atoms with Crippen molar-refractivity contribution >= 4 is 16.9 Å². The highest BCUT2D eigenvalue weighted by molar-refractivity contribution is 5.80. The number of carbonyl (C=O) groups is 1. The lowest BCUT2D eigenvalue weighted by molar-refractivity contribution is -0.139. The molecular weight excluding hydrogens is 214 g/mol. The first-order chi connectivity index (χ1) is 8.29. The molecule has 0 atom stereocenters.